The molecule has 0 aromatic heterocycles. The Balaban J connectivity index is 2.31. The van der Waals surface area contributed by atoms with Gasteiger partial charge in [-0.15, -0.1) is 0 Å². The first-order valence-corrected chi connectivity index (χ1v) is 6.62. The minimum atomic E-state index is -0.723. The van der Waals surface area contributed by atoms with Gasteiger partial charge in [-0.1, -0.05) is 26.7 Å². The number of hydrogen-bond acceptors (Lipinski definition) is 2. The van der Waals surface area contributed by atoms with Crippen LogP contribution in [0.1, 0.15) is 39.5 Å². The summed E-state index contributed by atoms with van der Waals surface area (Å²) in [4.78, 5) is 0. The van der Waals surface area contributed by atoms with Gasteiger partial charge in [-0.2, -0.15) is 0 Å². The highest BCUT2D eigenvalue weighted by Crippen LogP contribution is 2.27. The minimum absolute atomic E-state index is 0.172. The monoisotopic (exact) mass is 203 g/mol. The van der Waals surface area contributed by atoms with Crippen LogP contribution in [-0.2, 0) is 10.8 Å². The lowest BCUT2D eigenvalue weighted by Gasteiger charge is -2.19. The molecular weight excluding hydrogens is 182 g/mol. The molecule has 2 N–H and O–H groups in total. The number of nitrogens with two attached hydrogens (primary N) is 1. The zero-order chi connectivity index (χ0) is 9.84. The normalized spacial score (nSPS) is 23.7. The summed E-state index contributed by atoms with van der Waals surface area (Å²) in [6, 6.07) is 0.172. The summed E-state index contributed by atoms with van der Waals surface area (Å²) in [6.07, 6.45) is 5.12. The molecule has 1 saturated carbocycles. The molecule has 0 saturated heterocycles. The van der Waals surface area contributed by atoms with Gasteiger partial charge in [0.2, 0.25) is 0 Å². The molecule has 1 aliphatic carbocycles. The van der Waals surface area contributed by atoms with E-state index in [9.17, 15) is 4.21 Å². The van der Waals surface area contributed by atoms with Crippen LogP contribution in [0.2, 0.25) is 0 Å². The van der Waals surface area contributed by atoms with Gasteiger partial charge < -0.3 is 5.73 Å². The topological polar surface area (TPSA) is 43.1 Å². The Labute approximate surface area is 83.7 Å². The first kappa shape index (κ1) is 11.2. The van der Waals surface area contributed by atoms with E-state index in [0.29, 0.717) is 11.7 Å². The summed E-state index contributed by atoms with van der Waals surface area (Å²) in [6.45, 7) is 3.99. The molecule has 0 aromatic rings. The van der Waals surface area contributed by atoms with Crippen LogP contribution in [0.4, 0.5) is 0 Å². The first-order chi connectivity index (χ1) is 6.11. The molecule has 13 heavy (non-hydrogen) atoms. The second-order valence-corrected chi connectivity index (χ2v) is 6.34. The van der Waals surface area contributed by atoms with Crippen molar-refractivity contribution in [2.24, 2.45) is 11.7 Å². The minimum Gasteiger partial charge on any atom is -0.327 e. The average molecular weight is 203 g/mol. The van der Waals surface area contributed by atoms with Gasteiger partial charge in [-0.25, -0.2) is 0 Å². The lowest BCUT2D eigenvalue weighted by molar-refractivity contribution is 0.460. The maximum absolute atomic E-state index is 11.5. The van der Waals surface area contributed by atoms with E-state index < -0.39 is 10.8 Å². The quantitative estimate of drug-likeness (QED) is 0.755. The largest absolute Gasteiger partial charge is 0.327 e. The predicted octanol–water partition coefficient (Wildman–Crippen LogP) is 1.66. The molecule has 0 bridgehead atoms. The molecule has 1 rings (SSSR count). The molecule has 0 aliphatic heterocycles. The maximum Gasteiger partial charge on any atom is 0.0391 e. The van der Waals surface area contributed by atoms with Gasteiger partial charge in [-0.05, 0) is 18.8 Å². The Morgan fingerprint density at radius 1 is 1.38 bits per heavy atom. The molecule has 1 fully saturated rings. The van der Waals surface area contributed by atoms with Gasteiger partial charge in [0.25, 0.3) is 0 Å². The van der Waals surface area contributed by atoms with Crippen LogP contribution in [0.25, 0.3) is 0 Å². The van der Waals surface area contributed by atoms with E-state index in [1.54, 1.807) is 0 Å². The number of hydrogen-bond donors (Lipinski definition) is 1. The van der Waals surface area contributed by atoms with Gasteiger partial charge in [0.15, 0.2) is 0 Å². The molecule has 78 valence electrons. The average Bonchev–Trinajstić information content (AvgIpc) is 2.55. The Kier molecular flexibility index (Phi) is 4.39. The highest BCUT2D eigenvalue weighted by molar-refractivity contribution is 7.85. The standard InChI is InChI=1S/C10H21NOS/c1-8(2)13(12)7-10(11)9-5-3-4-6-9/h8-10H,3-7,11H2,1-2H3. The lowest BCUT2D eigenvalue weighted by atomic mass is 10.0. The summed E-state index contributed by atoms with van der Waals surface area (Å²) < 4.78 is 11.5. The van der Waals surface area contributed by atoms with E-state index in [-0.39, 0.29) is 11.3 Å². The van der Waals surface area contributed by atoms with Crippen molar-refractivity contribution >= 4 is 10.8 Å². The third-order valence-electron chi connectivity index (χ3n) is 2.89. The summed E-state index contributed by atoms with van der Waals surface area (Å²) >= 11 is 0. The van der Waals surface area contributed by atoms with Crippen LogP contribution < -0.4 is 5.73 Å². The molecule has 2 atom stereocenters. The highest BCUT2D eigenvalue weighted by atomic mass is 32.2. The zero-order valence-corrected chi connectivity index (χ0v) is 9.48. The van der Waals surface area contributed by atoms with Crippen molar-refractivity contribution in [3.63, 3.8) is 0 Å². The van der Waals surface area contributed by atoms with Crippen molar-refractivity contribution < 1.29 is 4.21 Å². The molecule has 0 aromatic carbocycles. The molecular formula is C10H21NOS. The Morgan fingerprint density at radius 2 is 1.92 bits per heavy atom. The van der Waals surface area contributed by atoms with E-state index >= 15 is 0 Å². The zero-order valence-electron chi connectivity index (χ0n) is 8.66. The van der Waals surface area contributed by atoms with Crippen LogP contribution in [0, 0.1) is 5.92 Å². The van der Waals surface area contributed by atoms with Gasteiger partial charge in [0.05, 0.1) is 0 Å². The molecule has 2 unspecified atom stereocenters. The molecule has 2 nitrogen and oxygen atoms in total. The summed E-state index contributed by atoms with van der Waals surface area (Å²) in [5, 5.41) is 0.257. The second kappa shape index (κ2) is 5.11. The number of rotatable bonds is 4. The molecule has 0 heterocycles. The van der Waals surface area contributed by atoms with E-state index in [4.69, 9.17) is 5.73 Å². The molecule has 0 radical (unpaired) electrons. The fourth-order valence-electron chi connectivity index (χ4n) is 1.90. The Bertz CT molecular complexity index is 176. The van der Waals surface area contributed by atoms with Crippen molar-refractivity contribution in [1.29, 1.82) is 0 Å². The Morgan fingerprint density at radius 3 is 2.38 bits per heavy atom. The van der Waals surface area contributed by atoms with Gasteiger partial charge in [0.1, 0.15) is 0 Å². The fraction of sp³-hybridized carbons (Fsp3) is 1.00. The third kappa shape index (κ3) is 3.39. The van der Waals surface area contributed by atoms with Crippen LogP contribution >= 0.6 is 0 Å². The molecule has 0 amide bonds. The van der Waals surface area contributed by atoms with Gasteiger partial charge in [-0.3, -0.25) is 4.21 Å². The van der Waals surface area contributed by atoms with E-state index in [1.807, 2.05) is 13.8 Å². The van der Waals surface area contributed by atoms with Crippen LogP contribution in [0.5, 0.6) is 0 Å². The van der Waals surface area contributed by atoms with Crippen LogP contribution in [-0.4, -0.2) is 21.3 Å². The smallest absolute Gasteiger partial charge is 0.0391 e. The molecule has 0 spiro atoms. The summed E-state index contributed by atoms with van der Waals surface area (Å²) in [5.74, 6) is 1.34. The summed E-state index contributed by atoms with van der Waals surface area (Å²) in [5.41, 5.74) is 6.02. The van der Waals surface area contributed by atoms with E-state index in [2.05, 4.69) is 0 Å². The predicted molar refractivity (Wildman–Crippen MR) is 58.1 cm³/mol. The van der Waals surface area contributed by atoms with Crippen molar-refractivity contribution in [3.8, 4) is 0 Å². The van der Waals surface area contributed by atoms with Crippen LogP contribution in [0.3, 0.4) is 0 Å². The first-order valence-electron chi connectivity index (χ1n) is 5.24. The Hall–Kier alpha value is 0.110. The van der Waals surface area contributed by atoms with Crippen molar-refractivity contribution in [1.82, 2.24) is 0 Å². The molecule has 1 aliphatic rings. The maximum atomic E-state index is 11.5. The van der Waals surface area contributed by atoms with Gasteiger partial charge in [0, 0.05) is 27.8 Å². The highest BCUT2D eigenvalue weighted by Gasteiger charge is 2.23. The van der Waals surface area contributed by atoms with E-state index in [0.717, 1.165) is 0 Å². The fourth-order valence-corrected chi connectivity index (χ4v) is 2.94. The van der Waals surface area contributed by atoms with Crippen molar-refractivity contribution in [2.75, 3.05) is 5.75 Å². The third-order valence-corrected chi connectivity index (χ3v) is 4.65. The lowest BCUT2D eigenvalue weighted by Crippen LogP contribution is -2.35. The van der Waals surface area contributed by atoms with Crippen molar-refractivity contribution in [3.05, 3.63) is 0 Å². The van der Waals surface area contributed by atoms with Crippen LogP contribution in [0.15, 0.2) is 0 Å². The van der Waals surface area contributed by atoms with Crippen molar-refractivity contribution in [2.45, 2.75) is 50.8 Å². The summed E-state index contributed by atoms with van der Waals surface area (Å²) in [7, 11) is -0.723. The SMILES string of the molecule is CC(C)S(=O)CC(N)C1CCCC1. The second-order valence-electron chi connectivity index (χ2n) is 4.30. The van der Waals surface area contributed by atoms with Gasteiger partial charge >= 0.3 is 0 Å². The molecule has 3 heteroatoms. The van der Waals surface area contributed by atoms with E-state index in [1.165, 1.54) is 25.7 Å².